The molecule has 3 atom stereocenters. The second-order valence-corrected chi connectivity index (χ2v) is 11.7. The third-order valence-electron chi connectivity index (χ3n) is 8.70. The van der Waals surface area contributed by atoms with Crippen LogP contribution in [0.2, 0.25) is 0 Å². The van der Waals surface area contributed by atoms with Crippen LogP contribution in [0.15, 0.2) is 12.3 Å². The normalized spacial score (nSPS) is 20.2. The van der Waals surface area contributed by atoms with Gasteiger partial charge in [-0.15, -0.1) is 0 Å². The summed E-state index contributed by atoms with van der Waals surface area (Å²) in [6.07, 6.45) is 6.57. The fourth-order valence-electron chi connectivity index (χ4n) is 6.05. The number of rotatable bonds is 10. The lowest BCUT2D eigenvalue weighted by molar-refractivity contribution is 0.102. The van der Waals surface area contributed by atoms with Gasteiger partial charge in [0.05, 0.1) is 35.8 Å². The summed E-state index contributed by atoms with van der Waals surface area (Å²) >= 11 is 0. The Morgan fingerprint density at radius 3 is 2.32 bits per heavy atom. The second kappa shape index (κ2) is 12.4. The van der Waals surface area contributed by atoms with Crippen LogP contribution in [0.25, 0.3) is 0 Å². The van der Waals surface area contributed by atoms with Crippen molar-refractivity contribution >= 4 is 0 Å². The van der Waals surface area contributed by atoms with E-state index in [0.717, 1.165) is 64.1 Å². The highest BCUT2D eigenvalue weighted by Crippen LogP contribution is 2.34. The Balaban J connectivity index is 1.40. The van der Waals surface area contributed by atoms with Crippen molar-refractivity contribution in [3.63, 3.8) is 0 Å². The summed E-state index contributed by atoms with van der Waals surface area (Å²) < 4.78 is 13.7. The highest BCUT2D eigenvalue weighted by Gasteiger charge is 2.28. The van der Waals surface area contributed by atoms with Crippen LogP contribution in [-0.4, -0.2) is 72.0 Å². The smallest absolute Gasteiger partial charge is 0.0965 e. The Bertz CT molecular complexity index is 1030. The summed E-state index contributed by atoms with van der Waals surface area (Å²) in [7, 11) is 5.79. The van der Waals surface area contributed by atoms with Crippen molar-refractivity contribution in [2.24, 2.45) is 0 Å². The number of methoxy groups -OCH3 is 2. The van der Waals surface area contributed by atoms with E-state index >= 15 is 0 Å². The highest BCUT2D eigenvalue weighted by molar-refractivity contribution is 5.35. The molecule has 2 aromatic heterocycles. The van der Waals surface area contributed by atoms with Crippen LogP contribution in [0.3, 0.4) is 0 Å². The lowest BCUT2D eigenvalue weighted by Gasteiger charge is -2.34. The molecule has 7 nitrogen and oxygen atoms in total. The van der Waals surface area contributed by atoms with Crippen LogP contribution in [-0.2, 0) is 22.4 Å². The van der Waals surface area contributed by atoms with E-state index in [2.05, 4.69) is 68.4 Å². The molecule has 4 heterocycles. The molecule has 0 spiro atoms. The van der Waals surface area contributed by atoms with Crippen LogP contribution in [0.4, 0.5) is 0 Å². The van der Waals surface area contributed by atoms with Crippen molar-refractivity contribution in [2.45, 2.75) is 96.9 Å². The summed E-state index contributed by atoms with van der Waals surface area (Å²) in [5.74, 6) is 0.899. The molecular weight excluding hydrogens is 462 g/mol. The molecule has 0 amide bonds. The Morgan fingerprint density at radius 2 is 1.68 bits per heavy atom. The molecule has 2 aromatic rings. The van der Waals surface area contributed by atoms with Crippen molar-refractivity contribution in [3.05, 3.63) is 46.0 Å². The molecule has 4 rings (SSSR count). The van der Waals surface area contributed by atoms with Gasteiger partial charge in [0.2, 0.25) is 0 Å². The average molecular weight is 512 g/mol. The van der Waals surface area contributed by atoms with Crippen LogP contribution in [0, 0.1) is 0 Å². The second-order valence-electron chi connectivity index (χ2n) is 11.7. The molecule has 0 saturated carbocycles. The van der Waals surface area contributed by atoms with E-state index < -0.39 is 0 Å². The number of likely N-dealkylation sites (tertiary alicyclic amines) is 1. The van der Waals surface area contributed by atoms with Crippen molar-refractivity contribution in [1.82, 2.24) is 24.6 Å². The third-order valence-corrected chi connectivity index (χ3v) is 8.70. The summed E-state index contributed by atoms with van der Waals surface area (Å²) in [5.41, 5.74) is 7.73. The van der Waals surface area contributed by atoms with Gasteiger partial charge in [-0.2, -0.15) is 5.10 Å². The molecule has 0 aliphatic carbocycles. The van der Waals surface area contributed by atoms with Crippen molar-refractivity contribution in [3.8, 4) is 0 Å². The van der Waals surface area contributed by atoms with Gasteiger partial charge in [-0.25, -0.2) is 0 Å². The maximum absolute atomic E-state index is 5.74. The van der Waals surface area contributed by atoms with Crippen LogP contribution in [0.5, 0.6) is 0 Å². The summed E-state index contributed by atoms with van der Waals surface area (Å²) in [6.45, 7) is 16.5. The van der Waals surface area contributed by atoms with Gasteiger partial charge in [-0.05, 0) is 75.2 Å². The summed E-state index contributed by atoms with van der Waals surface area (Å²) in [4.78, 5) is 10.2. The minimum absolute atomic E-state index is 0.0200. The zero-order valence-electron chi connectivity index (χ0n) is 24.5. The predicted molar refractivity (Wildman–Crippen MR) is 149 cm³/mol. The fourth-order valence-corrected chi connectivity index (χ4v) is 6.05. The summed E-state index contributed by atoms with van der Waals surface area (Å²) in [5, 5.41) is 4.84. The highest BCUT2D eigenvalue weighted by atomic mass is 16.5. The number of hydrogen-bond acceptors (Lipinski definition) is 6. The number of pyridine rings is 1. The van der Waals surface area contributed by atoms with E-state index in [1.54, 1.807) is 14.2 Å². The average Bonchev–Trinajstić information content (AvgIpc) is 3.36. The van der Waals surface area contributed by atoms with Crippen LogP contribution in [0.1, 0.15) is 118 Å². The van der Waals surface area contributed by atoms with Gasteiger partial charge in [0, 0.05) is 52.5 Å². The lowest BCUT2D eigenvalue weighted by Crippen LogP contribution is -2.36. The van der Waals surface area contributed by atoms with Crippen LogP contribution >= 0.6 is 0 Å². The number of nitrogens with zero attached hydrogens (tertiary/aromatic N) is 5. The predicted octanol–water partition coefficient (Wildman–Crippen LogP) is 5.63. The number of ether oxygens (including phenoxy) is 2. The van der Waals surface area contributed by atoms with Crippen molar-refractivity contribution in [1.29, 1.82) is 0 Å². The van der Waals surface area contributed by atoms with Gasteiger partial charge in [0.15, 0.2) is 0 Å². The van der Waals surface area contributed by atoms with Crippen molar-refractivity contribution in [2.75, 3.05) is 47.4 Å². The maximum Gasteiger partial charge on any atom is 0.0965 e. The number of likely N-dealkylation sites (N-methyl/N-ethyl adjacent to an activating group) is 1. The van der Waals surface area contributed by atoms with Gasteiger partial charge < -0.3 is 19.3 Å². The maximum atomic E-state index is 5.74. The van der Waals surface area contributed by atoms with Gasteiger partial charge in [0.1, 0.15) is 0 Å². The Kier molecular flexibility index (Phi) is 9.43. The van der Waals surface area contributed by atoms with Gasteiger partial charge >= 0.3 is 0 Å². The molecule has 0 bridgehead atoms. The van der Waals surface area contributed by atoms with Gasteiger partial charge in [-0.1, -0.05) is 26.8 Å². The minimum atomic E-state index is 0.0200. The van der Waals surface area contributed by atoms with Crippen LogP contribution < -0.4 is 0 Å². The molecule has 0 radical (unpaired) electrons. The van der Waals surface area contributed by atoms with Crippen molar-refractivity contribution < 1.29 is 9.47 Å². The number of piperidine rings is 1. The monoisotopic (exact) mass is 511 g/mol. The third kappa shape index (κ3) is 6.27. The van der Waals surface area contributed by atoms with Gasteiger partial charge in [-0.3, -0.25) is 9.67 Å². The fraction of sp³-hybridized carbons (Fsp3) is 0.733. The molecule has 206 valence electrons. The van der Waals surface area contributed by atoms with E-state index in [9.17, 15) is 0 Å². The topological polar surface area (TPSA) is 55.6 Å². The molecule has 2 aliphatic heterocycles. The molecule has 1 fully saturated rings. The number of hydrogen-bond donors (Lipinski definition) is 0. The van der Waals surface area contributed by atoms with Gasteiger partial charge in [0.25, 0.3) is 0 Å². The molecule has 7 heteroatoms. The quantitative estimate of drug-likeness (QED) is 0.412. The van der Waals surface area contributed by atoms with E-state index in [1.807, 2.05) is 0 Å². The minimum Gasteiger partial charge on any atom is -0.375 e. The first-order valence-corrected chi connectivity index (χ1v) is 14.3. The SMILES string of the molecule is COC(C)c1nc2c(cc1C(C)CCN1CCC(n3ncc(C(C)C)c3C(C)OC)CC1)CN(C)CC2. The molecular formula is C30H49N5O2. The Labute approximate surface area is 224 Å². The number of aromatic nitrogens is 3. The first kappa shape index (κ1) is 28.2. The van der Waals surface area contributed by atoms with E-state index in [1.165, 1.54) is 28.1 Å². The molecule has 0 aromatic carbocycles. The summed E-state index contributed by atoms with van der Waals surface area (Å²) in [6, 6.07) is 2.88. The first-order chi connectivity index (χ1) is 17.7. The Morgan fingerprint density at radius 1 is 0.973 bits per heavy atom. The molecule has 1 saturated heterocycles. The molecule has 0 N–H and O–H groups in total. The molecule has 3 unspecified atom stereocenters. The number of fused-ring (bicyclic) bond motifs is 1. The Hall–Kier alpha value is -1.80. The lowest BCUT2D eigenvalue weighted by atomic mass is 9.90. The zero-order chi connectivity index (χ0) is 26.7. The zero-order valence-corrected chi connectivity index (χ0v) is 24.5. The first-order valence-electron chi connectivity index (χ1n) is 14.3. The largest absolute Gasteiger partial charge is 0.375 e. The molecule has 2 aliphatic rings. The molecule has 37 heavy (non-hydrogen) atoms. The van der Waals surface area contributed by atoms with E-state index in [0.29, 0.717) is 17.9 Å². The van der Waals surface area contributed by atoms with E-state index in [4.69, 9.17) is 19.6 Å². The van der Waals surface area contributed by atoms with E-state index in [-0.39, 0.29) is 12.2 Å². The standard InChI is InChI=1S/C30H49N5O2/c1-20(2)27-18-31-35(30(27)23(5)37-8)25-10-15-34(16-11-25)14-9-21(3)26-17-24-19-33(6)13-12-28(24)32-29(26)22(4)36-7/h17-18,20-23,25H,9-16,19H2,1-8H3.